The van der Waals surface area contributed by atoms with Crippen molar-refractivity contribution >= 4 is 5.97 Å². The molecule has 0 saturated heterocycles. The van der Waals surface area contributed by atoms with Crippen LogP contribution in [0.1, 0.15) is 11.1 Å². The fraction of sp³-hybridized carbons (Fsp3) is 0.188. The maximum atomic E-state index is 10.9. The molecule has 0 heterocycles. The summed E-state index contributed by atoms with van der Waals surface area (Å²) in [6.45, 7) is 1.99. The van der Waals surface area contributed by atoms with Gasteiger partial charge in [-0.25, -0.2) is 0 Å². The zero-order valence-corrected chi connectivity index (χ0v) is 10.8. The first kappa shape index (κ1) is 13.3. The number of rotatable bonds is 4. The third-order valence-electron chi connectivity index (χ3n) is 3.10. The lowest BCUT2D eigenvalue weighted by Gasteiger charge is -2.13. The van der Waals surface area contributed by atoms with Gasteiger partial charge in [0.1, 0.15) is 6.04 Å². The highest BCUT2D eigenvalue weighted by Crippen LogP contribution is 2.25. The van der Waals surface area contributed by atoms with E-state index in [1.807, 2.05) is 55.5 Å². The molecule has 0 spiro atoms. The van der Waals surface area contributed by atoms with Gasteiger partial charge >= 0.3 is 5.97 Å². The summed E-state index contributed by atoms with van der Waals surface area (Å²) in [5.41, 5.74) is 9.85. The van der Waals surface area contributed by atoms with Crippen LogP contribution >= 0.6 is 0 Å². The van der Waals surface area contributed by atoms with Gasteiger partial charge in [0.05, 0.1) is 0 Å². The summed E-state index contributed by atoms with van der Waals surface area (Å²) in [4.78, 5) is 10.9. The predicted molar refractivity (Wildman–Crippen MR) is 75.9 cm³/mol. The maximum absolute atomic E-state index is 10.9. The predicted octanol–water partition coefficient (Wildman–Crippen LogP) is 2.62. The largest absolute Gasteiger partial charge is 0.480 e. The van der Waals surface area contributed by atoms with Crippen LogP contribution in [0.15, 0.2) is 48.5 Å². The molecule has 0 aromatic heterocycles. The minimum atomic E-state index is -0.972. The molecule has 0 fully saturated rings. The van der Waals surface area contributed by atoms with Gasteiger partial charge in [0.15, 0.2) is 0 Å². The third kappa shape index (κ3) is 3.20. The van der Waals surface area contributed by atoms with Crippen molar-refractivity contribution in [3.05, 3.63) is 59.7 Å². The first-order valence-electron chi connectivity index (χ1n) is 6.21. The molecule has 1 atom stereocenters. The first-order chi connectivity index (χ1) is 9.08. The van der Waals surface area contributed by atoms with Crippen LogP contribution in [-0.4, -0.2) is 17.1 Å². The number of carboxylic acids is 1. The van der Waals surface area contributed by atoms with Crippen LogP contribution in [0.3, 0.4) is 0 Å². The zero-order chi connectivity index (χ0) is 13.8. The van der Waals surface area contributed by atoms with Crippen molar-refractivity contribution in [3.8, 4) is 11.1 Å². The van der Waals surface area contributed by atoms with Crippen LogP contribution in [0.5, 0.6) is 0 Å². The van der Waals surface area contributed by atoms with Crippen molar-refractivity contribution < 1.29 is 9.90 Å². The number of carboxylic acid groups (broad SMARTS) is 1. The molecule has 0 aliphatic carbocycles. The number of nitrogens with two attached hydrogens (primary N) is 1. The first-order valence-corrected chi connectivity index (χ1v) is 6.21. The minimum Gasteiger partial charge on any atom is -0.480 e. The molecule has 2 rings (SSSR count). The quantitative estimate of drug-likeness (QED) is 0.882. The Bertz CT molecular complexity index is 579. The summed E-state index contributed by atoms with van der Waals surface area (Å²) >= 11 is 0. The molecule has 0 radical (unpaired) electrons. The van der Waals surface area contributed by atoms with E-state index in [1.54, 1.807) is 0 Å². The van der Waals surface area contributed by atoms with Crippen LogP contribution in [0.4, 0.5) is 0 Å². The molecule has 0 bridgehead atoms. The lowest BCUT2D eigenvalue weighted by atomic mass is 9.94. The van der Waals surface area contributed by atoms with E-state index in [0.717, 1.165) is 22.3 Å². The highest BCUT2D eigenvalue weighted by Gasteiger charge is 2.15. The van der Waals surface area contributed by atoms with Gasteiger partial charge < -0.3 is 10.8 Å². The molecule has 0 saturated carbocycles. The van der Waals surface area contributed by atoms with E-state index < -0.39 is 12.0 Å². The molecule has 0 unspecified atom stereocenters. The number of hydrogen-bond donors (Lipinski definition) is 2. The van der Waals surface area contributed by atoms with Crippen LogP contribution in [0.2, 0.25) is 0 Å². The molecule has 0 aliphatic rings. The summed E-state index contributed by atoms with van der Waals surface area (Å²) in [6, 6.07) is 15.1. The van der Waals surface area contributed by atoms with Gasteiger partial charge in [-0.3, -0.25) is 4.79 Å². The second-order valence-corrected chi connectivity index (χ2v) is 4.68. The van der Waals surface area contributed by atoms with Crippen molar-refractivity contribution in [2.24, 2.45) is 5.73 Å². The van der Waals surface area contributed by atoms with Crippen molar-refractivity contribution in [2.45, 2.75) is 19.4 Å². The molecule has 3 N–H and O–H groups in total. The summed E-state index contributed by atoms with van der Waals surface area (Å²) in [6.07, 6.45) is 0.335. The fourth-order valence-corrected chi connectivity index (χ4v) is 2.11. The van der Waals surface area contributed by atoms with Gasteiger partial charge in [-0.05, 0) is 30.0 Å². The maximum Gasteiger partial charge on any atom is 0.320 e. The topological polar surface area (TPSA) is 63.3 Å². The Kier molecular flexibility index (Phi) is 3.97. The number of benzene rings is 2. The van der Waals surface area contributed by atoms with E-state index in [-0.39, 0.29) is 0 Å². The number of hydrogen-bond acceptors (Lipinski definition) is 2. The van der Waals surface area contributed by atoms with Gasteiger partial charge in [0.25, 0.3) is 0 Å². The van der Waals surface area contributed by atoms with E-state index >= 15 is 0 Å². The Labute approximate surface area is 112 Å². The molecule has 2 aromatic rings. The number of aryl methyl sites for hydroxylation is 1. The second-order valence-electron chi connectivity index (χ2n) is 4.68. The Hall–Kier alpha value is -2.13. The fourth-order valence-electron chi connectivity index (χ4n) is 2.11. The van der Waals surface area contributed by atoms with Crippen LogP contribution in [0.25, 0.3) is 11.1 Å². The van der Waals surface area contributed by atoms with Gasteiger partial charge in [0, 0.05) is 0 Å². The zero-order valence-electron chi connectivity index (χ0n) is 10.8. The number of carbonyl (C=O) groups is 1. The van der Waals surface area contributed by atoms with Gasteiger partial charge in [-0.1, -0.05) is 54.1 Å². The van der Waals surface area contributed by atoms with Crippen molar-refractivity contribution in [1.82, 2.24) is 0 Å². The van der Waals surface area contributed by atoms with Crippen LogP contribution in [0, 0.1) is 6.92 Å². The summed E-state index contributed by atoms with van der Waals surface area (Å²) in [5.74, 6) is -0.972. The molecule has 19 heavy (non-hydrogen) atoms. The Morgan fingerprint density at radius 2 is 1.89 bits per heavy atom. The van der Waals surface area contributed by atoms with E-state index in [1.165, 1.54) is 0 Å². The van der Waals surface area contributed by atoms with Gasteiger partial charge in [-0.2, -0.15) is 0 Å². The molecule has 0 aliphatic heterocycles. The smallest absolute Gasteiger partial charge is 0.320 e. The molecule has 3 heteroatoms. The van der Waals surface area contributed by atoms with Crippen molar-refractivity contribution in [2.75, 3.05) is 0 Å². The lowest BCUT2D eigenvalue weighted by Crippen LogP contribution is -2.32. The second kappa shape index (κ2) is 5.67. The Morgan fingerprint density at radius 1 is 1.21 bits per heavy atom. The summed E-state index contributed by atoms with van der Waals surface area (Å²) < 4.78 is 0. The lowest BCUT2D eigenvalue weighted by molar-refractivity contribution is -0.138. The average Bonchev–Trinajstić information content (AvgIpc) is 2.39. The number of aliphatic carboxylic acids is 1. The monoisotopic (exact) mass is 255 g/mol. The molecular formula is C16H17NO2. The van der Waals surface area contributed by atoms with Gasteiger partial charge in [0.2, 0.25) is 0 Å². The molecule has 2 aromatic carbocycles. The highest BCUT2D eigenvalue weighted by molar-refractivity contribution is 5.75. The SMILES string of the molecule is Cc1ccc(-c2ccccc2)c(C[C@H](N)C(=O)O)c1. The normalized spacial score (nSPS) is 12.1. The minimum absolute atomic E-state index is 0.335. The molecule has 98 valence electrons. The van der Waals surface area contributed by atoms with E-state index in [0.29, 0.717) is 6.42 Å². The van der Waals surface area contributed by atoms with E-state index in [2.05, 4.69) is 0 Å². The molecular weight excluding hydrogens is 238 g/mol. The van der Waals surface area contributed by atoms with E-state index in [4.69, 9.17) is 10.8 Å². The average molecular weight is 255 g/mol. The standard InChI is InChI=1S/C16H17NO2/c1-11-7-8-14(12-5-3-2-4-6-12)13(9-11)10-15(17)16(18)19/h2-9,15H,10,17H2,1H3,(H,18,19)/t15-/m0/s1. The molecule has 3 nitrogen and oxygen atoms in total. The van der Waals surface area contributed by atoms with Crippen LogP contribution in [-0.2, 0) is 11.2 Å². The Morgan fingerprint density at radius 3 is 2.53 bits per heavy atom. The van der Waals surface area contributed by atoms with Crippen LogP contribution < -0.4 is 5.73 Å². The Balaban J connectivity index is 2.41. The van der Waals surface area contributed by atoms with E-state index in [9.17, 15) is 4.79 Å². The summed E-state index contributed by atoms with van der Waals surface area (Å²) in [5, 5.41) is 8.95. The van der Waals surface area contributed by atoms with Crippen molar-refractivity contribution in [1.29, 1.82) is 0 Å². The summed E-state index contributed by atoms with van der Waals surface area (Å²) in [7, 11) is 0. The molecule has 0 amide bonds. The van der Waals surface area contributed by atoms with Crippen molar-refractivity contribution in [3.63, 3.8) is 0 Å². The van der Waals surface area contributed by atoms with Gasteiger partial charge in [-0.15, -0.1) is 0 Å². The third-order valence-corrected chi connectivity index (χ3v) is 3.10. The highest BCUT2D eigenvalue weighted by atomic mass is 16.4.